The van der Waals surface area contributed by atoms with E-state index < -0.39 is 0 Å². The van der Waals surface area contributed by atoms with Gasteiger partial charge in [0, 0.05) is 36.3 Å². The molecule has 2 atom stereocenters. The summed E-state index contributed by atoms with van der Waals surface area (Å²) >= 11 is 0. The van der Waals surface area contributed by atoms with E-state index in [0.717, 1.165) is 25.9 Å². The van der Waals surface area contributed by atoms with E-state index in [-0.39, 0.29) is 0 Å². The number of nitrogens with one attached hydrogen (secondary N) is 1. The summed E-state index contributed by atoms with van der Waals surface area (Å²) in [6.45, 7) is 2.51. The molecule has 3 nitrogen and oxygen atoms in total. The minimum Gasteiger partial charge on any atom is -0.396 e. The van der Waals surface area contributed by atoms with E-state index in [1.165, 1.54) is 22.2 Å². The summed E-state index contributed by atoms with van der Waals surface area (Å²) in [5.74, 6) is 0.451. The molecule has 18 heavy (non-hydrogen) atoms. The fourth-order valence-electron chi connectivity index (χ4n) is 3.71. The number of aliphatic hydroxyl groups is 1. The largest absolute Gasteiger partial charge is 0.396 e. The minimum absolute atomic E-state index is 0.322. The molecule has 2 aromatic rings. The summed E-state index contributed by atoms with van der Waals surface area (Å²) in [6, 6.07) is 9.09. The number of para-hydroxylation sites is 1. The van der Waals surface area contributed by atoms with Gasteiger partial charge in [0.2, 0.25) is 0 Å². The first-order valence-electron chi connectivity index (χ1n) is 6.81. The summed E-state index contributed by atoms with van der Waals surface area (Å²) in [4.78, 5) is 6.14. The predicted molar refractivity (Wildman–Crippen MR) is 71.5 cm³/mol. The minimum atomic E-state index is 0.322. The van der Waals surface area contributed by atoms with Gasteiger partial charge in [-0.1, -0.05) is 18.2 Å². The number of aromatic amines is 1. The highest BCUT2D eigenvalue weighted by Crippen LogP contribution is 2.41. The van der Waals surface area contributed by atoms with Crippen LogP contribution in [0.2, 0.25) is 0 Å². The van der Waals surface area contributed by atoms with Crippen molar-refractivity contribution in [2.45, 2.75) is 18.9 Å². The molecule has 3 heterocycles. The smallest absolute Gasteiger partial charge is 0.0505 e. The third-order valence-electron chi connectivity index (χ3n) is 4.58. The molecule has 0 spiro atoms. The molecule has 0 bridgehead atoms. The van der Waals surface area contributed by atoms with Crippen LogP contribution in [0.3, 0.4) is 0 Å². The molecule has 0 amide bonds. The van der Waals surface area contributed by atoms with E-state index in [2.05, 4.69) is 34.1 Å². The lowest BCUT2D eigenvalue weighted by atomic mass is 9.96. The Bertz CT molecular complexity index is 589. The fraction of sp³-hybridized carbons (Fsp3) is 0.467. The molecule has 1 aromatic heterocycles. The molecule has 1 fully saturated rings. The van der Waals surface area contributed by atoms with Gasteiger partial charge in [-0.2, -0.15) is 0 Å². The Morgan fingerprint density at radius 1 is 1.33 bits per heavy atom. The van der Waals surface area contributed by atoms with Crippen LogP contribution in [0, 0.1) is 5.92 Å². The molecule has 0 aliphatic carbocycles. The Morgan fingerprint density at radius 2 is 2.22 bits per heavy atom. The van der Waals surface area contributed by atoms with Crippen molar-refractivity contribution in [2.75, 3.05) is 19.7 Å². The Kier molecular flexibility index (Phi) is 2.26. The van der Waals surface area contributed by atoms with Crippen LogP contribution in [0.5, 0.6) is 0 Å². The monoisotopic (exact) mass is 242 g/mol. The maximum absolute atomic E-state index is 9.36. The quantitative estimate of drug-likeness (QED) is 0.803. The first-order valence-corrected chi connectivity index (χ1v) is 6.81. The summed E-state index contributed by atoms with van der Waals surface area (Å²) < 4.78 is 0. The van der Waals surface area contributed by atoms with E-state index in [1.54, 1.807) is 0 Å². The van der Waals surface area contributed by atoms with Gasteiger partial charge < -0.3 is 10.1 Å². The molecular formula is C15H18N2O. The van der Waals surface area contributed by atoms with Crippen LogP contribution in [0.4, 0.5) is 0 Å². The Hall–Kier alpha value is -1.32. The van der Waals surface area contributed by atoms with Crippen LogP contribution in [0.25, 0.3) is 10.9 Å². The molecule has 0 saturated carbocycles. The average Bonchev–Trinajstić information content (AvgIpc) is 2.98. The van der Waals surface area contributed by atoms with Gasteiger partial charge in [-0.25, -0.2) is 0 Å². The third-order valence-corrected chi connectivity index (χ3v) is 4.58. The van der Waals surface area contributed by atoms with Crippen molar-refractivity contribution in [2.24, 2.45) is 5.92 Å². The van der Waals surface area contributed by atoms with Gasteiger partial charge in [-0.05, 0) is 30.4 Å². The number of hydrogen-bond acceptors (Lipinski definition) is 2. The van der Waals surface area contributed by atoms with E-state index in [4.69, 9.17) is 0 Å². The molecule has 3 heteroatoms. The van der Waals surface area contributed by atoms with E-state index in [9.17, 15) is 5.11 Å². The highest BCUT2D eigenvalue weighted by molar-refractivity contribution is 5.85. The molecule has 2 aliphatic rings. The second-order valence-electron chi connectivity index (χ2n) is 5.61. The van der Waals surface area contributed by atoms with Crippen LogP contribution in [-0.2, 0) is 6.42 Å². The zero-order valence-corrected chi connectivity index (χ0v) is 10.4. The number of fused-ring (bicyclic) bond motifs is 5. The van der Waals surface area contributed by atoms with E-state index in [1.807, 2.05) is 0 Å². The summed E-state index contributed by atoms with van der Waals surface area (Å²) in [5, 5.41) is 10.8. The number of hydrogen-bond donors (Lipinski definition) is 2. The van der Waals surface area contributed by atoms with Gasteiger partial charge in [-0.15, -0.1) is 0 Å². The Labute approximate surface area is 106 Å². The van der Waals surface area contributed by atoms with E-state index >= 15 is 0 Å². The number of benzene rings is 1. The predicted octanol–water partition coefficient (Wildman–Crippen LogP) is 2.08. The summed E-state index contributed by atoms with van der Waals surface area (Å²) in [7, 11) is 0. The molecule has 1 aromatic carbocycles. The summed E-state index contributed by atoms with van der Waals surface area (Å²) in [5.41, 5.74) is 4.17. The van der Waals surface area contributed by atoms with Crippen LogP contribution in [0.15, 0.2) is 24.3 Å². The van der Waals surface area contributed by atoms with Gasteiger partial charge >= 0.3 is 0 Å². The van der Waals surface area contributed by atoms with Crippen molar-refractivity contribution in [3.63, 3.8) is 0 Å². The van der Waals surface area contributed by atoms with Crippen molar-refractivity contribution in [1.29, 1.82) is 0 Å². The standard InChI is InChI=1S/C15H18N2O/c18-9-10-7-14-15-12(5-6-17(14)8-10)11-3-1-2-4-13(11)16-15/h1-4,10,14,16,18H,5-9H2. The van der Waals surface area contributed by atoms with E-state index in [0.29, 0.717) is 18.6 Å². The van der Waals surface area contributed by atoms with Crippen molar-refractivity contribution >= 4 is 10.9 Å². The van der Waals surface area contributed by atoms with Crippen LogP contribution in [-0.4, -0.2) is 34.7 Å². The lowest BCUT2D eigenvalue weighted by molar-refractivity contribution is 0.212. The van der Waals surface area contributed by atoms with Gasteiger partial charge in [0.1, 0.15) is 0 Å². The molecule has 2 unspecified atom stereocenters. The van der Waals surface area contributed by atoms with Gasteiger partial charge in [0.25, 0.3) is 0 Å². The Balaban J connectivity index is 1.83. The molecule has 94 valence electrons. The second-order valence-corrected chi connectivity index (χ2v) is 5.61. The molecule has 0 radical (unpaired) electrons. The van der Waals surface area contributed by atoms with Gasteiger partial charge in [0.05, 0.1) is 6.04 Å². The Morgan fingerprint density at radius 3 is 3.11 bits per heavy atom. The number of nitrogens with zero attached hydrogens (tertiary/aromatic N) is 1. The molecular weight excluding hydrogens is 224 g/mol. The van der Waals surface area contributed by atoms with Gasteiger partial charge in [0.15, 0.2) is 0 Å². The van der Waals surface area contributed by atoms with Gasteiger partial charge in [-0.3, -0.25) is 4.90 Å². The summed E-state index contributed by atoms with van der Waals surface area (Å²) in [6.07, 6.45) is 2.23. The van der Waals surface area contributed by atoms with Crippen molar-refractivity contribution < 1.29 is 5.11 Å². The highest BCUT2D eigenvalue weighted by Gasteiger charge is 2.37. The second kappa shape index (κ2) is 3.84. The van der Waals surface area contributed by atoms with Crippen LogP contribution in [0.1, 0.15) is 23.7 Å². The molecule has 4 rings (SSSR count). The lowest BCUT2D eigenvalue weighted by Crippen LogP contribution is -2.31. The highest BCUT2D eigenvalue weighted by atomic mass is 16.3. The number of aliphatic hydroxyl groups excluding tert-OH is 1. The van der Waals surface area contributed by atoms with Crippen molar-refractivity contribution in [1.82, 2.24) is 9.88 Å². The normalized spacial score (nSPS) is 27.4. The maximum Gasteiger partial charge on any atom is 0.0505 e. The molecule has 2 aliphatic heterocycles. The topological polar surface area (TPSA) is 39.3 Å². The van der Waals surface area contributed by atoms with Crippen molar-refractivity contribution in [3.05, 3.63) is 35.5 Å². The van der Waals surface area contributed by atoms with Crippen molar-refractivity contribution in [3.8, 4) is 0 Å². The zero-order valence-electron chi connectivity index (χ0n) is 10.4. The van der Waals surface area contributed by atoms with Crippen LogP contribution < -0.4 is 0 Å². The van der Waals surface area contributed by atoms with Crippen LogP contribution >= 0.6 is 0 Å². The average molecular weight is 242 g/mol. The number of H-pyrrole nitrogens is 1. The maximum atomic E-state index is 9.36. The SMILES string of the molecule is OCC1CC2c3[nH]c4ccccc4c3CCN2C1. The number of aromatic nitrogens is 1. The molecule has 2 N–H and O–H groups in total. The number of rotatable bonds is 1. The lowest BCUT2D eigenvalue weighted by Gasteiger charge is -2.29. The first kappa shape index (κ1) is 10.6. The zero-order chi connectivity index (χ0) is 12.1. The first-order chi connectivity index (χ1) is 8.86. The fourth-order valence-corrected chi connectivity index (χ4v) is 3.71. The third kappa shape index (κ3) is 1.38. The molecule has 1 saturated heterocycles.